The Labute approximate surface area is 153 Å². The summed E-state index contributed by atoms with van der Waals surface area (Å²) in [5, 5.41) is 7.17. The number of likely N-dealkylation sites (N-methyl/N-ethyl adjacent to an activating group) is 1. The summed E-state index contributed by atoms with van der Waals surface area (Å²) >= 11 is 0. The largest absolute Gasteiger partial charge is 0.387 e. The number of hydrogen-bond donors (Lipinski definition) is 2. The standard InChI is InChI=1S/C19H25N5O2/c1-24(8-9-26-2)19-22-12-16(13-23-19)15-5-3-4-14(10-15)6-7-17(25)11-18(20)21/h3-5,10,12-13H,6-9,11H2,1-2H3,(H3,20,21). The third kappa shape index (κ3) is 5.93. The van der Waals surface area contributed by atoms with Gasteiger partial charge in [-0.1, -0.05) is 24.3 Å². The second-order valence-electron chi connectivity index (χ2n) is 6.13. The number of carbonyl (C=O) groups is 1. The lowest BCUT2D eigenvalue weighted by molar-refractivity contribution is -0.117. The van der Waals surface area contributed by atoms with Gasteiger partial charge in [-0.25, -0.2) is 9.97 Å². The number of anilines is 1. The van der Waals surface area contributed by atoms with Crippen LogP contribution in [0.1, 0.15) is 18.4 Å². The van der Waals surface area contributed by atoms with Gasteiger partial charge in [0.2, 0.25) is 5.95 Å². The molecule has 0 bridgehead atoms. The molecule has 0 fully saturated rings. The van der Waals surface area contributed by atoms with Crippen molar-refractivity contribution in [3.05, 3.63) is 42.2 Å². The van der Waals surface area contributed by atoms with E-state index < -0.39 is 0 Å². The molecule has 0 amide bonds. The molecule has 2 aromatic rings. The topological polar surface area (TPSA) is 105 Å². The van der Waals surface area contributed by atoms with E-state index in [-0.39, 0.29) is 18.0 Å². The van der Waals surface area contributed by atoms with Crippen molar-refractivity contribution >= 4 is 17.6 Å². The van der Waals surface area contributed by atoms with Gasteiger partial charge in [0.15, 0.2) is 0 Å². The quantitative estimate of drug-likeness (QED) is 0.499. The van der Waals surface area contributed by atoms with Crippen molar-refractivity contribution in [2.45, 2.75) is 19.3 Å². The Hall–Kier alpha value is -2.80. The number of nitrogens with zero attached hydrogens (tertiary/aromatic N) is 3. The third-order valence-electron chi connectivity index (χ3n) is 3.95. The Balaban J connectivity index is 2.02. The van der Waals surface area contributed by atoms with Crippen LogP contribution in [0.3, 0.4) is 0 Å². The lowest BCUT2D eigenvalue weighted by atomic mass is 10.0. The first-order valence-corrected chi connectivity index (χ1v) is 8.45. The number of amidine groups is 1. The highest BCUT2D eigenvalue weighted by Gasteiger charge is 2.07. The molecule has 138 valence electrons. The number of ether oxygens (including phenoxy) is 1. The molecular weight excluding hydrogens is 330 g/mol. The van der Waals surface area contributed by atoms with Crippen molar-refractivity contribution in [3.8, 4) is 11.1 Å². The predicted octanol–water partition coefficient (Wildman–Crippen LogP) is 2.05. The SMILES string of the molecule is COCCN(C)c1ncc(-c2cccc(CCC(=O)CC(=N)N)c2)cn1. The normalized spacial score (nSPS) is 10.5. The van der Waals surface area contributed by atoms with Crippen LogP contribution in [-0.4, -0.2) is 48.9 Å². The molecule has 0 aliphatic carbocycles. The fraction of sp³-hybridized carbons (Fsp3) is 0.368. The molecule has 26 heavy (non-hydrogen) atoms. The average Bonchev–Trinajstić information content (AvgIpc) is 2.64. The number of aromatic nitrogens is 2. The zero-order valence-corrected chi connectivity index (χ0v) is 15.2. The highest BCUT2D eigenvalue weighted by atomic mass is 16.5. The Kier molecular flexibility index (Phi) is 7.23. The van der Waals surface area contributed by atoms with E-state index in [1.165, 1.54) is 0 Å². The molecule has 0 aliphatic rings. The summed E-state index contributed by atoms with van der Waals surface area (Å²) in [6, 6.07) is 7.97. The summed E-state index contributed by atoms with van der Waals surface area (Å²) in [7, 11) is 3.59. The zero-order valence-electron chi connectivity index (χ0n) is 15.2. The van der Waals surface area contributed by atoms with Crippen LogP contribution in [0.25, 0.3) is 11.1 Å². The number of hydrogen-bond acceptors (Lipinski definition) is 6. The van der Waals surface area contributed by atoms with Crippen LogP contribution in [0.5, 0.6) is 0 Å². The molecule has 7 nitrogen and oxygen atoms in total. The molecule has 7 heteroatoms. The van der Waals surface area contributed by atoms with Crippen LogP contribution in [0.15, 0.2) is 36.7 Å². The molecule has 3 N–H and O–H groups in total. The lowest BCUT2D eigenvalue weighted by Gasteiger charge is -2.16. The fourth-order valence-corrected chi connectivity index (χ4v) is 2.49. The maximum atomic E-state index is 11.7. The fourth-order valence-electron chi connectivity index (χ4n) is 2.49. The van der Waals surface area contributed by atoms with Gasteiger partial charge in [-0.15, -0.1) is 0 Å². The van der Waals surface area contributed by atoms with Crippen molar-refractivity contribution in [1.82, 2.24) is 9.97 Å². The first-order chi connectivity index (χ1) is 12.5. The molecule has 1 heterocycles. The Morgan fingerprint density at radius 3 is 2.65 bits per heavy atom. The maximum absolute atomic E-state index is 11.7. The van der Waals surface area contributed by atoms with Crippen LogP contribution < -0.4 is 10.6 Å². The minimum atomic E-state index is -0.0866. The summed E-state index contributed by atoms with van der Waals surface area (Å²) in [6.45, 7) is 1.34. The van der Waals surface area contributed by atoms with Crippen LogP contribution >= 0.6 is 0 Å². The summed E-state index contributed by atoms with van der Waals surface area (Å²) in [6.07, 6.45) is 4.62. The van der Waals surface area contributed by atoms with E-state index in [4.69, 9.17) is 15.9 Å². The number of Topliss-reactive ketones (excluding diaryl/α,β-unsaturated/α-hetero) is 1. The molecule has 0 aliphatic heterocycles. The molecule has 0 radical (unpaired) electrons. The van der Waals surface area contributed by atoms with Gasteiger partial charge in [-0.05, 0) is 17.5 Å². The molecule has 0 unspecified atom stereocenters. The molecule has 0 saturated heterocycles. The minimum absolute atomic E-state index is 0.0188. The van der Waals surface area contributed by atoms with Crippen molar-refractivity contribution in [2.75, 3.05) is 32.2 Å². The van der Waals surface area contributed by atoms with E-state index in [0.717, 1.165) is 23.2 Å². The lowest BCUT2D eigenvalue weighted by Crippen LogP contribution is -2.23. The Morgan fingerprint density at radius 1 is 1.27 bits per heavy atom. The first kappa shape index (κ1) is 19.5. The average molecular weight is 355 g/mol. The van der Waals surface area contributed by atoms with Crippen LogP contribution in [0, 0.1) is 5.41 Å². The van der Waals surface area contributed by atoms with Gasteiger partial charge in [0, 0.05) is 45.1 Å². The smallest absolute Gasteiger partial charge is 0.225 e. The first-order valence-electron chi connectivity index (χ1n) is 8.45. The molecule has 2 rings (SSSR count). The summed E-state index contributed by atoms with van der Waals surface area (Å²) < 4.78 is 5.06. The number of methoxy groups -OCH3 is 1. The zero-order chi connectivity index (χ0) is 18.9. The predicted molar refractivity (Wildman–Crippen MR) is 102 cm³/mol. The second kappa shape index (κ2) is 9.62. The van der Waals surface area contributed by atoms with E-state index in [1.54, 1.807) is 19.5 Å². The number of ketones is 1. The maximum Gasteiger partial charge on any atom is 0.225 e. The van der Waals surface area contributed by atoms with E-state index in [1.807, 2.05) is 36.2 Å². The summed E-state index contributed by atoms with van der Waals surface area (Å²) in [5.41, 5.74) is 8.25. The molecular formula is C19H25N5O2. The number of carbonyl (C=O) groups excluding carboxylic acids is 1. The molecule has 1 aromatic carbocycles. The Morgan fingerprint density at radius 2 is 2.00 bits per heavy atom. The van der Waals surface area contributed by atoms with E-state index in [9.17, 15) is 4.79 Å². The van der Waals surface area contributed by atoms with Gasteiger partial charge in [0.05, 0.1) is 18.9 Å². The molecule has 1 aromatic heterocycles. The van der Waals surface area contributed by atoms with Crippen molar-refractivity contribution < 1.29 is 9.53 Å². The summed E-state index contributed by atoms with van der Waals surface area (Å²) in [4.78, 5) is 22.5. The highest BCUT2D eigenvalue weighted by molar-refractivity contribution is 5.98. The minimum Gasteiger partial charge on any atom is -0.387 e. The number of nitrogens with two attached hydrogens (primary N) is 1. The number of benzene rings is 1. The summed E-state index contributed by atoms with van der Waals surface area (Å²) in [5.74, 6) is 0.544. The van der Waals surface area contributed by atoms with Gasteiger partial charge in [0.1, 0.15) is 5.78 Å². The second-order valence-corrected chi connectivity index (χ2v) is 6.13. The van der Waals surface area contributed by atoms with Gasteiger partial charge >= 0.3 is 0 Å². The van der Waals surface area contributed by atoms with Gasteiger partial charge in [-0.2, -0.15) is 0 Å². The number of nitrogens with one attached hydrogen (secondary N) is 1. The number of aryl methyl sites for hydroxylation is 1. The van der Waals surface area contributed by atoms with E-state index >= 15 is 0 Å². The van der Waals surface area contributed by atoms with Gasteiger partial charge < -0.3 is 15.4 Å². The van der Waals surface area contributed by atoms with Gasteiger partial charge in [0.25, 0.3) is 0 Å². The van der Waals surface area contributed by atoms with E-state index in [0.29, 0.717) is 25.4 Å². The van der Waals surface area contributed by atoms with Crippen LogP contribution in [0.4, 0.5) is 5.95 Å². The highest BCUT2D eigenvalue weighted by Crippen LogP contribution is 2.21. The van der Waals surface area contributed by atoms with Crippen LogP contribution in [0.2, 0.25) is 0 Å². The van der Waals surface area contributed by atoms with Crippen molar-refractivity contribution in [2.24, 2.45) is 5.73 Å². The third-order valence-corrected chi connectivity index (χ3v) is 3.95. The molecule has 0 saturated carbocycles. The van der Waals surface area contributed by atoms with Crippen molar-refractivity contribution in [3.63, 3.8) is 0 Å². The monoisotopic (exact) mass is 355 g/mol. The molecule has 0 atom stereocenters. The van der Waals surface area contributed by atoms with E-state index in [2.05, 4.69) is 9.97 Å². The molecule has 0 spiro atoms. The number of rotatable bonds is 10. The van der Waals surface area contributed by atoms with Crippen LogP contribution in [-0.2, 0) is 16.0 Å². The Bertz CT molecular complexity index is 746. The van der Waals surface area contributed by atoms with Gasteiger partial charge in [-0.3, -0.25) is 10.2 Å². The van der Waals surface area contributed by atoms with Crippen molar-refractivity contribution in [1.29, 1.82) is 5.41 Å².